The summed E-state index contributed by atoms with van der Waals surface area (Å²) < 4.78 is 7.60. The fraction of sp³-hybridized carbons (Fsp3) is 0.421. The second-order valence-corrected chi connectivity index (χ2v) is 7.56. The lowest BCUT2D eigenvalue weighted by molar-refractivity contribution is 0.278. The first kappa shape index (κ1) is 16.8. The lowest BCUT2D eigenvalue weighted by Gasteiger charge is -2.40. The molecule has 0 saturated carbocycles. The van der Waals surface area contributed by atoms with E-state index in [1.165, 1.54) is 11.3 Å². The van der Waals surface area contributed by atoms with Crippen LogP contribution in [-0.2, 0) is 6.54 Å². The van der Waals surface area contributed by atoms with E-state index in [2.05, 4.69) is 66.0 Å². The van der Waals surface area contributed by atoms with Crippen LogP contribution >= 0.6 is 12.2 Å². The molecule has 5 heteroatoms. The van der Waals surface area contributed by atoms with Crippen molar-refractivity contribution in [3.63, 3.8) is 0 Å². The van der Waals surface area contributed by atoms with E-state index in [1.807, 2.05) is 12.1 Å². The van der Waals surface area contributed by atoms with E-state index in [9.17, 15) is 0 Å². The molecule has 0 aliphatic carbocycles. The molecule has 1 aromatic carbocycles. The number of nitrogens with one attached hydrogen (secondary N) is 1. The molecule has 128 valence electrons. The molecule has 0 spiro atoms. The predicted molar refractivity (Wildman–Crippen MR) is 101 cm³/mol. The van der Waals surface area contributed by atoms with Crippen molar-refractivity contribution < 1.29 is 4.74 Å². The van der Waals surface area contributed by atoms with Crippen molar-refractivity contribution in [2.24, 2.45) is 0 Å². The number of thiocarbonyl (C=S) groups is 1. The van der Waals surface area contributed by atoms with E-state index in [4.69, 9.17) is 17.0 Å². The number of ether oxygens (including phenoxy) is 1. The van der Waals surface area contributed by atoms with Gasteiger partial charge in [0, 0.05) is 30.5 Å². The van der Waals surface area contributed by atoms with Gasteiger partial charge < -0.3 is 19.5 Å². The summed E-state index contributed by atoms with van der Waals surface area (Å²) in [6, 6.07) is 12.7. The first-order chi connectivity index (χ1) is 11.4. The molecule has 0 amide bonds. The summed E-state index contributed by atoms with van der Waals surface area (Å²) >= 11 is 5.73. The van der Waals surface area contributed by atoms with Crippen LogP contribution in [0.1, 0.15) is 38.1 Å². The zero-order chi connectivity index (χ0) is 17.3. The summed E-state index contributed by atoms with van der Waals surface area (Å²) in [5.41, 5.74) is 2.43. The van der Waals surface area contributed by atoms with Crippen LogP contribution < -0.4 is 10.1 Å². The van der Waals surface area contributed by atoms with Gasteiger partial charge in [0.2, 0.25) is 0 Å². The molecular formula is C19H25N3OS. The Morgan fingerprint density at radius 2 is 1.88 bits per heavy atom. The SMILES string of the molecule is COc1ccc(C2c3cccn3CCN2C(=S)NC(C)(C)C)cc1. The molecular weight excluding hydrogens is 318 g/mol. The van der Waals surface area contributed by atoms with Crippen LogP contribution in [0.5, 0.6) is 5.75 Å². The van der Waals surface area contributed by atoms with Crippen LogP contribution in [0.25, 0.3) is 0 Å². The van der Waals surface area contributed by atoms with Gasteiger partial charge in [-0.05, 0) is 62.8 Å². The molecule has 0 fully saturated rings. The van der Waals surface area contributed by atoms with E-state index < -0.39 is 0 Å². The summed E-state index contributed by atoms with van der Waals surface area (Å²) in [4.78, 5) is 2.29. The van der Waals surface area contributed by atoms with Gasteiger partial charge in [0.15, 0.2) is 5.11 Å². The zero-order valence-corrected chi connectivity index (χ0v) is 15.6. The van der Waals surface area contributed by atoms with E-state index in [1.54, 1.807) is 7.11 Å². The van der Waals surface area contributed by atoms with Crippen LogP contribution in [-0.4, -0.2) is 33.8 Å². The Hall–Kier alpha value is -2.01. The number of hydrogen-bond donors (Lipinski definition) is 1. The smallest absolute Gasteiger partial charge is 0.170 e. The summed E-state index contributed by atoms with van der Waals surface area (Å²) in [6.45, 7) is 8.23. The Balaban J connectivity index is 1.97. The molecule has 1 aliphatic heterocycles. The maximum atomic E-state index is 5.73. The average molecular weight is 343 g/mol. The Kier molecular flexibility index (Phi) is 4.54. The quantitative estimate of drug-likeness (QED) is 0.844. The molecule has 4 nitrogen and oxygen atoms in total. The van der Waals surface area contributed by atoms with Gasteiger partial charge >= 0.3 is 0 Å². The van der Waals surface area contributed by atoms with Crippen LogP contribution in [0.3, 0.4) is 0 Å². The Morgan fingerprint density at radius 3 is 2.50 bits per heavy atom. The third-order valence-corrected chi connectivity index (χ3v) is 4.55. The number of fused-ring (bicyclic) bond motifs is 1. The molecule has 1 atom stereocenters. The molecule has 1 aromatic heterocycles. The molecule has 3 rings (SSSR count). The molecule has 1 unspecified atom stereocenters. The molecule has 0 saturated heterocycles. The van der Waals surface area contributed by atoms with Gasteiger partial charge in [-0.2, -0.15) is 0 Å². The molecule has 1 N–H and O–H groups in total. The van der Waals surface area contributed by atoms with Crippen molar-refractivity contribution >= 4 is 17.3 Å². The van der Waals surface area contributed by atoms with Crippen molar-refractivity contribution in [1.29, 1.82) is 0 Å². The molecule has 0 radical (unpaired) electrons. The average Bonchev–Trinajstić information content (AvgIpc) is 3.01. The number of hydrogen-bond acceptors (Lipinski definition) is 2. The number of methoxy groups -OCH3 is 1. The molecule has 0 bridgehead atoms. The largest absolute Gasteiger partial charge is 0.497 e. The number of nitrogens with zero attached hydrogens (tertiary/aromatic N) is 2. The first-order valence-electron chi connectivity index (χ1n) is 8.27. The van der Waals surface area contributed by atoms with Gasteiger partial charge in [-0.15, -0.1) is 0 Å². The van der Waals surface area contributed by atoms with Crippen LogP contribution in [0.4, 0.5) is 0 Å². The predicted octanol–water partition coefficient (Wildman–Crippen LogP) is 3.57. The topological polar surface area (TPSA) is 29.4 Å². The zero-order valence-electron chi connectivity index (χ0n) is 14.7. The third kappa shape index (κ3) is 3.41. The third-order valence-electron chi connectivity index (χ3n) is 4.21. The number of rotatable bonds is 2. The standard InChI is InChI=1S/C19H25N3OS/c1-19(2,3)20-18(24)22-13-12-21-11-5-6-16(21)17(22)14-7-9-15(23-4)10-8-14/h5-11,17H,12-13H2,1-4H3,(H,20,24). The monoisotopic (exact) mass is 343 g/mol. The number of benzene rings is 1. The second kappa shape index (κ2) is 6.48. The van der Waals surface area contributed by atoms with Gasteiger partial charge in [-0.25, -0.2) is 0 Å². The van der Waals surface area contributed by atoms with E-state index >= 15 is 0 Å². The number of aromatic nitrogens is 1. The van der Waals surface area contributed by atoms with E-state index in [0.717, 1.165) is 24.0 Å². The van der Waals surface area contributed by atoms with Crippen molar-refractivity contribution in [3.8, 4) is 5.75 Å². The van der Waals surface area contributed by atoms with Crippen LogP contribution in [0.15, 0.2) is 42.6 Å². The van der Waals surface area contributed by atoms with Gasteiger partial charge in [0.1, 0.15) is 5.75 Å². The van der Waals surface area contributed by atoms with Crippen molar-refractivity contribution in [2.75, 3.05) is 13.7 Å². The Bertz CT molecular complexity index is 715. The lowest BCUT2D eigenvalue weighted by Crippen LogP contribution is -2.52. The van der Waals surface area contributed by atoms with Crippen molar-refractivity contribution in [1.82, 2.24) is 14.8 Å². The normalized spacial score (nSPS) is 17.3. The fourth-order valence-electron chi connectivity index (χ4n) is 3.13. The maximum Gasteiger partial charge on any atom is 0.170 e. The molecule has 24 heavy (non-hydrogen) atoms. The summed E-state index contributed by atoms with van der Waals surface area (Å²) in [5.74, 6) is 0.867. The molecule has 1 aliphatic rings. The Morgan fingerprint density at radius 1 is 1.17 bits per heavy atom. The summed E-state index contributed by atoms with van der Waals surface area (Å²) in [6.07, 6.45) is 2.14. The van der Waals surface area contributed by atoms with Crippen molar-refractivity contribution in [2.45, 2.75) is 38.9 Å². The highest BCUT2D eigenvalue weighted by atomic mass is 32.1. The lowest BCUT2D eigenvalue weighted by atomic mass is 10.00. The van der Waals surface area contributed by atoms with E-state index in [0.29, 0.717) is 0 Å². The summed E-state index contributed by atoms with van der Waals surface area (Å²) in [5, 5.41) is 4.26. The van der Waals surface area contributed by atoms with E-state index in [-0.39, 0.29) is 11.6 Å². The Labute approximate surface area is 149 Å². The highest BCUT2D eigenvalue weighted by molar-refractivity contribution is 7.80. The minimum absolute atomic E-state index is 0.0546. The fourth-order valence-corrected chi connectivity index (χ4v) is 3.63. The molecule has 2 aromatic rings. The minimum atomic E-state index is -0.0546. The highest BCUT2D eigenvalue weighted by Crippen LogP contribution is 2.33. The van der Waals surface area contributed by atoms with Gasteiger partial charge in [-0.1, -0.05) is 12.1 Å². The maximum absolute atomic E-state index is 5.73. The summed E-state index contributed by atoms with van der Waals surface area (Å²) in [7, 11) is 1.69. The van der Waals surface area contributed by atoms with Crippen LogP contribution in [0, 0.1) is 0 Å². The van der Waals surface area contributed by atoms with Gasteiger partial charge in [0.25, 0.3) is 0 Å². The second-order valence-electron chi connectivity index (χ2n) is 7.18. The van der Waals surface area contributed by atoms with Crippen molar-refractivity contribution in [3.05, 3.63) is 53.9 Å². The van der Waals surface area contributed by atoms with Gasteiger partial charge in [-0.3, -0.25) is 0 Å². The molecule has 2 heterocycles. The highest BCUT2D eigenvalue weighted by Gasteiger charge is 2.31. The first-order valence-corrected chi connectivity index (χ1v) is 8.67. The minimum Gasteiger partial charge on any atom is -0.497 e. The van der Waals surface area contributed by atoms with Gasteiger partial charge in [0.05, 0.1) is 13.2 Å². The van der Waals surface area contributed by atoms with Crippen LogP contribution in [0.2, 0.25) is 0 Å².